The maximum Gasteiger partial charge on any atom is 0.264 e. The van der Waals surface area contributed by atoms with Gasteiger partial charge >= 0.3 is 0 Å². The summed E-state index contributed by atoms with van der Waals surface area (Å²) in [5, 5.41) is 2.88. The van der Waals surface area contributed by atoms with Gasteiger partial charge in [0.25, 0.3) is 10.0 Å². The molecule has 0 aliphatic heterocycles. The average molecular weight is 577 g/mol. The van der Waals surface area contributed by atoms with Crippen LogP contribution < -0.4 is 14.8 Å². The molecular formula is C27H34ClFN6O3S. The number of sulfonamides is 1. The van der Waals surface area contributed by atoms with Crippen molar-refractivity contribution in [2.45, 2.75) is 49.6 Å². The van der Waals surface area contributed by atoms with Gasteiger partial charge in [-0.15, -0.1) is 0 Å². The Balaban J connectivity index is 1.67. The molecule has 1 aliphatic rings. The molecule has 2 aromatic rings. The zero-order chi connectivity index (χ0) is 28.6. The molecule has 12 heteroatoms. The fraction of sp³-hybridized carbons (Fsp3) is 0.370. The number of nitrogens with zero attached hydrogens (tertiary/aromatic N) is 4. The van der Waals surface area contributed by atoms with Gasteiger partial charge in [0.2, 0.25) is 11.8 Å². The van der Waals surface area contributed by atoms with Crippen molar-refractivity contribution in [1.82, 2.24) is 15.2 Å². The highest BCUT2D eigenvalue weighted by Gasteiger charge is 2.23. The molecule has 1 fully saturated rings. The number of hydrogen-bond acceptors (Lipinski definition) is 6. The number of aromatic nitrogens is 1. The van der Waals surface area contributed by atoms with Crippen LogP contribution in [0.15, 0.2) is 63.1 Å². The Morgan fingerprint density at radius 1 is 1.23 bits per heavy atom. The van der Waals surface area contributed by atoms with Gasteiger partial charge in [0.05, 0.1) is 12.1 Å². The molecule has 1 aromatic heterocycles. The fourth-order valence-electron chi connectivity index (χ4n) is 4.15. The second-order valence-electron chi connectivity index (χ2n) is 9.38. The molecule has 210 valence electrons. The smallest absolute Gasteiger partial charge is 0.264 e. The highest BCUT2D eigenvalue weighted by Crippen LogP contribution is 2.27. The lowest BCUT2D eigenvalue weighted by atomic mass is 9.90. The van der Waals surface area contributed by atoms with Crippen molar-refractivity contribution in [2.24, 2.45) is 9.98 Å². The second-order valence-corrected chi connectivity index (χ2v) is 11.4. The number of pyridine rings is 1. The van der Waals surface area contributed by atoms with Crippen molar-refractivity contribution in [3.05, 3.63) is 64.6 Å². The number of hydrogen-bond donors (Lipinski definition) is 2. The van der Waals surface area contributed by atoms with Crippen LogP contribution in [-0.2, 0) is 10.0 Å². The maximum atomic E-state index is 13.7. The molecule has 3 rings (SSSR count). The summed E-state index contributed by atoms with van der Waals surface area (Å²) in [6, 6.07) is 7.59. The van der Waals surface area contributed by atoms with E-state index in [1.54, 1.807) is 18.3 Å². The summed E-state index contributed by atoms with van der Waals surface area (Å²) < 4.78 is 46.8. The van der Waals surface area contributed by atoms with Gasteiger partial charge in [-0.25, -0.2) is 22.8 Å². The molecule has 0 saturated heterocycles. The number of anilines is 1. The van der Waals surface area contributed by atoms with E-state index >= 15 is 0 Å². The number of halogens is 2. The van der Waals surface area contributed by atoms with Crippen LogP contribution >= 0.6 is 11.6 Å². The largest absolute Gasteiger partial charge is 0.481 e. The number of aliphatic imine (C=N–C) groups is 2. The lowest BCUT2D eigenvalue weighted by Gasteiger charge is -2.33. The van der Waals surface area contributed by atoms with Crippen molar-refractivity contribution < 1.29 is 17.5 Å². The van der Waals surface area contributed by atoms with Crippen LogP contribution in [0.2, 0.25) is 5.02 Å². The molecule has 0 amide bonds. The summed E-state index contributed by atoms with van der Waals surface area (Å²) >= 11 is 5.84. The molecule has 1 aromatic carbocycles. The molecule has 2 N–H and O–H groups in total. The van der Waals surface area contributed by atoms with Gasteiger partial charge in [0.1, 0.15) is 16.5 Å². The highest BCUT2D eigenvalue weighted by molar-refractivity contribution is 7.92. The Labute approximate surface area is 234 Å². The van der Waals surface area contributed by atoms with E-state index in [4.69, 9.17) is 16.3 Å². The van der Waals surface area contributed by atoms with Crippen LogP contribution in [0.4, 0.5) is 10.2 Å². The minimum atomic E-state index is -4.17. The SMILES string of the molecule is C=N\C(=N/C=C(C)/C=C/c1ccc(NS(=O)(=O)c2cccc(F)c2Cl)nc1OC)N[C@H]1CC[C@H](N(C)C)CC1. The first-order chi connectivity index (χ1) is 18.5. The summed E-state index contributed by atoms with van der Waals surface area (Å²) in [7, 11) is 1.49. The van der Waals surface area contributed by atoms with E-state index in [9.17, 15) is 12.8 Å². The third-order valence-corrected chi connectivity index (χ3v) is 8.25. The Kier molecular flexibility index (Phi) is 10.6. The Hall–Kier alpha value is -3.28. The number of rotatable bonds is 9. The van der Waals surface area contributed by atoms with E-state index in [1.807, 2.05) is 13.0 Å². The second kappa shape index (κ2) is 13.7. The minimum Gasteiger partial charge on any atom is -0.481 e. The Bertz CT molecular complexity index is 1370. The minimum absolute atomic E-state index is 0.00594. The molecule has 0 unspecified atom stereocenters. The number of methoxy groups -OCH3 is 1. The molecule has 0 radical (unpaired) electrons. The quantitative estimate of drug-likeness (QED) is 0.244. The summed E-state index contributed by atoms with van der Waals surface area (Å²) in [5.41, 5.74) is 1.45. The molecule has 1 aliphatic carbocycles. The first-order valence-electron chi connectivity index (χ1n) is 12.4. The van der Waals surface area contributed by atoms with Gasteiger partial charge in [-0.1, -0.05) is 23.7 Å². The van der Waals surface area contributed by atoms with Gasteiger partial charge in [-0.05, 0) is 89.3 Å². The topological polar surface area (TPSA) is 108 Å². The molecule has 0 spiro atoms. The van der Waals surface area contributed by atoms with Gasteiger partial charge in [-0.2, -0.15) is 4.98 Å². The highest BCUT2D eigenvalue weighted by atomic mass is 35.5. The summed E-state index contributed by atoms with van der Waals surface area (Å²) in [6.07, 6.45) is 9.63. The predicted octanol–water partition coefficient (Wildman–Crippen LogP) is 5.12. The van der Waals surface area contributed by atoms with E-state index in [2.05, 4.69) is 50.7 Å². The summed E-state index contributed by atoms with van der Waals surface area (Å²) in [6.45, 7) is 5.51. The zero-order valence-electron chi connectivity index (χ0n) is 22.5. The van der Waals surface area contributed by atoms with Crippen LogP contribution in [0.1, 0.15) is 38.2 Å². The number of allylic oxidation sites excluding steroid dienone is 2. The third kappa shape index (κ3) is 8.35. The fourth-order valence-corrected chi connectivity index (χ4v) is 5.67. The molecule has 0 atom stereocenters. The van der Waals surface area contributed by atoms with Crippen molar-refractivity contribution >= 4 is 46.2 Å². The van der Waals surface area contributed by atoms with Gasteiger partial charge < -0.3 is 15.0 Å². The summed E-state index contributed by atoms with van der Waals surface area (Å²) in [4.78, 5) is 14.6. The first kappa shape index (κ1) is 30.3. The lowest BCUT2D eigenvalue weighted by Crippen LogP contribution is -2.41. The Morgan fingerprint density at radius 2 is 1.95 bits per heavy atom. The van der Waals surface area contributed by atoms with Crippen LogP contribution in [0, 0.1) is 5.82 Å². The predicted molar refractivity (Wildman–Crippen MR) is 156 cm³/mol. The lowest BCUT2D eigenvalue weighted by molar-refractivity contribution is 0.211. The first-order valence-corrected chi connectivity index (χ1v) is 14.2. The molecule has 39 heavy (non-hydrogen) atoms. The molecular weight excluding hydrogens is 543 g/mol. The number of guanidine groups is 1. The molecule has 1 heterocycles. The van der Waals surface area contributed by atoms with Crippen molar-refractivity contribution in [3.8, 4) is 5.88 Å². The normalized spacial score (nSPS) is 18.8. The summed E-state index contributed by atoms with van der Waals surface area (Å²) in [5.74, 6) is -0.173. The third-order valence-electron chi connectivity index (χ3n) is 6.35. The number of nitrogens with one attached hydrogen (secondary N) is 2. The van der Waals surface area contributed by atoms with Crippen LogP contribution in [0.5, 0.6) is 5.88 Å². The average Bonchev–Trinajstić information content (AvgIpc) is 2.91. The van der Waals surface area contributed by atoms with E-state index in [0.717, 1.165) is 37.3 Å². The van der Waals surface area contributed by atoms with Crippen LogP contribution in [0.25, 0.3) is 6.08 Å². The van der Waals surface area contributed by atoms with Crippen molar-refractivity contribution in [3.63, 3.8) is 0 Å². The van der Waals surface area contributed by atoms with Crippen molar-refractivity contribution in [1.29, 1.82) is 0 Å². The molecule has 9 nitrogen and oxygen atoms in total. The number of benzene rings is 1. The van der Waals surface area contributed by atoms with Crippen LogP contribution in [-0.4, -0.2) is 64.3 Å². The van der Waals surface area contributed by atoms with E-state index in [0.29, 0.717) is 23.6 Å². The van der Waals surface area contributed by atoms with Crippen LogP contribution in [0.3, 0.4) is 0 Å². The van der Waals surface area contributed by atoms with Crippen molar-refractivity contribution in [2.75, 3.05) is 25.9 Å². The zero-order valence-corrected chi connectivity index (χ0v) is 24.1. The van der Waals surface area contributed by atoms with E-state index in [1.165, 1.54) is 25.3 Å². The molecule has 0 bridgehead atoms. The van der Waals surface area contributed by atoms with E-state index in [-0.39, 0.29) is 16.6 Å². The maximum absolute atomic E-state index is 13.7. The molecule has 1 saturated carbocycles. The standard InChI is InChI=1S/C27H34ClFN6O3S/c1-18(17-31-27(30-2)32-20-12-14-21(15-13-20)35(3)4)9-10-19-11-16-24(33-26(19)38-5)34-39(36,37)23-8-6-7-22(29)25(23)28/h6-11,16-17,20-21H,2,12-15H2,1,3-5H3,(H,31,32)(H,33,34)/b10-9+,18-17+/t20-,21-. The monoisotopic (exact) mass is 576 g/mol. The van der Waals surface area contributed by atoms with Gasteiger partial charge in [-0.3, -0.25) is 4.72 Å². The van der Waals surface area contributed by atoms with E-state index < -0.39 is 20.9 Å². The van der Waals surface area contributed by atoms with Gasteiger partial charge in [0.15, 0.2) is 0 Å². The Morgan fingerprint density at radius 3 is 2.59 bits per heavy atom. The van der Waals surface area contributed by atoms with Gasteiger partial charge in [0, 0.05) is 23.8 Å². The number of ether oxygens (including phenoxy) is 1.